The first-order valence-electron chi connectivity index (χ1n) is 6.96. The molecule has 0 aromatic heterocycles. The van der Waals surface area contributed by atoms with E-state index in [1.54, 1.807) is 18.2 Å². The molecule has 1 aliphatic rings. The summed E-state index contributed by atoms with van der Waals surface area (Å²) in [7, 11) is 0. The summed E-state index contributed by atoms with van der Waals surface area (Å²) in [6.07, 6.45) is 3.18. The van der Waals surface area contributed by atoms with Crippen LogP contribution in [0.15, 0.2) is 29.2 Å². The summed E-state index contributed by atoms with van der Waals surface area (Å²) in [5.41, 5.74) is -3.65. The van der Waals surface area contributed by atoms with E-state index < -0.39 is 5.51 Å². The molecule has 3 atom stereocenters. The number of benzene rings is 1. The number of halogens is 3. The number of thioether (sulfide) groups is 1. The lowest BCUT2D eigenvalue weighted by Crippen LogP contribution is -2.30. The Labute approximate surface area is 122 Å². The number of hydrogen-bond donors (Lipinski definition) is 1. The Morgan fingerprint density at radius 2 is 1.80 bits per heavy atom. The van der Waals surface area contributed by atoms with E-state index in [0.29, 0.717) is 17.5 Å². The van der Waals surface area contributed by atoms with E-state index in [4.69, 9.17) is 0 Å². The maximum atomic E-state index is 12.5. The molecule has 0 aliphatic heterocycles. The van der Waals surface area contributed by atoms with Gasteiger partial charge in [-0.2, -0.15) is 13.2 Å². The predicted octanol–water partition coefficient (Wildman–Crippen LogP) is 5.54. The molecule has 1 aliphatic carbocycles. The molecule has 112 valence electrons. The maximum absolute atomic E-state index is 12.5. The van der Waals surface area contributed by atoms with Crippen LogP contribution in [0.4, 0.5) is 18.9 Å². The highest BCUT2D eigenvalue weighted by atomic mass is 32.2. The van der Waals surface area contributed by atoms with Gasteiger partial charge < -0.3 is 5.32 Å². The molecule has 1 aromatic carbocycles. The molecule has 0 radical (unpaired) electrons. The van der Waals surface area contributed by atoms with E-state index in [1.165, 1.54) is 6.07 Å². The van der Waals surface area contributed by atoms with Gasteiger partial charge in [-0.1, -0.05) is 26.0 Å². The Morgan fingerprint density at radius 3 is 2.45 bits per heavy atom. The second-order valence-corrected chi connectivity index (χ2v) is 6.76. The molecule has 3 unspecified atom stereocenters. The Kier molecular flexibility index (Phi) is 4.89. The lowest BCUT2D eigenvalue weighted by Gasteiger charge is -2.33. The number of alkyl halides is 3. The van der Waals surface area contributed by atoms with Gasteiger partial charge in [0.2, 0.25) is 0 Å². The maximum Gasteiger partial charge on any atom is 0.446 e. The van der Waals surface area contributed by atoms with Crippen LogP contribution in [0.1, 0.15) is 33.1 Å². The Bertz CT molecular complexity index is 447. The summed E-state index contributed by atoms with van der Waals surface area (Å²) >= 11 is -0.0452. The Hall–Kier alpha value is -0.840. The third kappa shape index (κ3) is 4.33. The van der Waals surface area contributed by atoms with Gasteiger partial charge in [-0.25, -0.2) is 0 Å². The fourth-order valence-electron chi connectivity index (χ4n) is 2.70. The minimum atomic E-state index is -4.24. The molecule has 1 saturated carbocycles. The van der Waals surface area contributed by atoms with Crippen molar-refractivity contribution in [3.8, 4) is 0 Å². The van der Waals surface area contributed by atoms with Gasteiger partial charge in [-0.05, 0) is 55.0 Å². The minimum Gasteiger partial charge on any atom is -0.381 e. The van der Waals surface area contributed by atoms with Crippen LogP contribution in [0, 0.1) is 11.8 Å². The Balaban J connectivity index is 2.06. The zero-order chi connectivity index (χ0) is 14.8. The minimum absolute atomic E-state index is 0.0452. The van der Waals surface area contributed by atoms with Crippen molar-refractivity contribution in [3.63, 3.8) is 0 Å². The van der Waals surface area contributed by atoms with E-state index in [0.717, 1.165) is 19.3 Å². The SMILES string of the molecule is CC1CCC(Nc2ccccc2SC(F)(F)F)CC1C. The van der Waals surface area contributed by atoms with Gasteiger partial charge in [0.1, 0.15) is 0 Å². The number of hydrogen-bond acceptors (Lipinski definition) is 2. The van der Waals surface area contributed by atoms with Gasteiger partial charge in [0, 0.05) is 16.6 Å². The van der Waals surface area contributed by atoms with Crippen LogP contribution in [0.25, 0.3) is 0 Å². The molecule has 5 heteroatoms. The van der Waals surface area contributed by atoms with Crippen LogP contribution < -0.4 is 5.32 Å². The zero-order valence-corrected chi connectivity index (χ0v) is 12.5. The van der Waals surface area contributed by atoms with E-state index in [-0.39, 0.29) is 22.7 Å². The Morgan fingerprint density at radius 1 is 1.10 bits per heavy atom. The first-order chi connectivity index (χ1) is 9.35. The lowest BCUT2D eigenvalue weighted by atomic mass is 9.79. The molecule has 1 N–H and O–H groups in total. The molecular weight excluding hydrogens is 283 g/mol. The average Bonchev–Trinajstić information content (AvgIpc) is 2.34. The van der Waals surface area contributed by atoms with E-state index in [2.05, 4.69) is 19.2 Å². The van der Waals surface area contributed by atoms with Crippen molar-refractivity contribution in [2.75, 3.05) is 5.32 Å². The van der Waals surface area contributed by atoms with E-state index in [9.17, 15) is 13.2 Å². The van der Waals surface area contributed by atoms with Crippen LogP contribution in [0.2, 0.25) is 0 Å². The molecular formula is C15H20F3NS. The summed E-state index contributed by atoms with van der Waals surface area (Å²) in [4.78, 5) is 0.256. The summed E-state index contributed by atoms with van der Waals surface area (Å²) in [6, 6.07) is 6.95. The summed E-state index contributed by atoms with van der Waals surface area (Å²) < 4.78 is 37.6. The first kappa shape index (κ1) is 15.5. The molecule has 0 heterocycles. The van der Waals surface area contributed by atoms with E-state index >= 15 is 0 Å². The molecule has 0 amide bonds. The summed E-state index contributed by atoms with van der Waals surface area (Å²) in [6.45, 7) is 4.46. The molecule has 1 nitrogen and oxygen atoms in total. The fraction of sp³-hybridized carbons (Fsp3) is 0.600. The van der Waals surface area contributed by atoms with Crippen molar-refractivity contribution in [2.24, 2.45) is 11.8 Å². The molecule has 0 saturated heterocycles. The third-order valence-corrected chi connectivity index (χ3v) is 4.88. The topological polar surface area (TPSA) is 12.0 Å². The molecule has 2 rings (SSSR count). The van der Waals surface area contributed by atoms with Crippen molar-refractivity contribution in [2.45, 2.75) is 49.6 Å². The van der Waals surface area contributed by atoms with Crippen LogP contribution in [0.5, 0.6) is 0 Å². The van der Waals surface area contributed by atoms with Crippen LogP contribution in [-0.4, -0.2) is 11.6 Å². The van der Waals surface area contributed by atoms with Crippen molar-refractivity contribution >= 4 is 17.4 Å². The van der Waals surface area contributed by atoms with Gasteiger partial charge in [-0.3, -0.25) is 0 Å². The molecule has 20 heavy (non-hydrogen) atoms. The van der Waals surface area contributed by atoms with Crippen molar-refractivity contribution in [1.82, 2.24) is 0 Å². The molecule has 0 spiro atoms. The highest BCUT2D eigenvalue weighted by Gasteiger charge is 2.31. The fourth-order valence-corrected chi connectivity index (χ4v) is 3.33. The quantitative estimate of drug-likeness (QED) is 0.736. The van der Waals surface area contributed by atoms with Crippen molar-refractivity contribution in [1.29, 1.82) is 0 Å². The first-order valence-corrected chi connectivity index (χ1v) is 7.78. The number of nitrogens with one attached hydrogen (secondary N) is 1. The monoisotopic (exact) mass is 303 g/mol. The van der Waals surface area contributed by atoms with Gasteiger partial charge >= 0.3 is 5.51 Å². The summed E-state index contributed by atoms with van der Waals surface area (Å²) in [5, 5.41) is 3.30. The van der Waals surface area contributed by atoms with Gasteiger partial charge in [0.15, 0.2) is 0 Å². The van der Waals surface area contributed by atoms with Gasteiger partial charge in [0.05, 0.1) is 0 Å². The smallest absolute Gasteiger partial charge is 0.381 e. The standard InChI is InChI=1S/C15H20F3NS/c1-10-7-8-12(9-11(10)2)19-13-5-3-4-6-14(13)20-15(16,17)18/h3-6,10-12,19H,7-9H2,1-2H3. The predicted molar refractivity (Wildman–Crippen MR) is 77.9 cm³/mol. The van der Waals surface area contributed by atoms with Crippen LogP contribution in [0.3, 0.4) is 0 Å². The normalized spacial score (nSPS) is 27.4. The van der Waals surface area contributed by atoms with Gasteiger partial charge in [0.25, 0.3) is 0 Å². The number of para-hydroxylation sites is 1. The van der Waals surface area contributed by atoms with E-state index in [1.807, 2.05) is 0 Å². The largest absolute Gasteiger partial charge is 0.446 e. The average molecular weight is 303 g/mol. The highest BCUT2D eigenvalue weighted by molar-refractivity contribution is 8.00. The highest BCUT2D eigenvalue weighted by Crippen LogP contribution is 2.41. The second-order valence-electron chi connectivity index (χ2n) is 5.65. The van der Waals surface area contributed by atoms with Crippen LogP contribution in [-0.2, 0) is 0 Å². The molecule has 1 aromatic rings. The zero-order valence-electron chi connectivity index (χ0n) is 11.7. The third-order valence-electron chi connectivity index (χ3n) is 4.07. The molecule has 1 fully saturated rings. The van der Waals surface area contributed by atoms with Crippen LogP contribution >= 0.6 is 11.8 Å². The summed E-state index contributed by atoms with van der Waals surface area (Å²) in [5.74, 6) is 1.32. The lowest BCUT2D eigenvalue weighted by molar-refractivity contribution is -0.0327. The van der Waals surface area contributed by atoms with Crippen molar-refractivity contribution < 1.29 is 13.2 Å². The van der Waals surface area contributed by atoms with Gasteiger partial charge in [-0.15, -0.1) is 0 Å². The molecule has 0 bridgehead atoms. The van der Waals surface area contributed by atoms with Crippen molar-refractivity contribution in [3.05, 3.63) is 24.3 Å². The number of rotatable bonds is 3. The number of anilines is 1. The second kappa shape index (κ2) is 6.29.